The average molecular weight is 243 g/mol. The third kappa shape index (κ3) is 2.33. The van der Waals surface area contributed by atoms with E-state index in [0.717, 1.165) is 24.1 Å². The number of nitrogens with one attached hydrogen (secondary N) is 1. The van der Waals surface area contributed by atoms with Gasteiger partial charge in [0, 0.05) is 23.6 Å². The molecule has 13 heavy (non-hydrogen) atoms. The highest BCUT2D eigenvalue weighted by atomic mass is 79.9. The number of H-pyrrole nitrogens is 1. The number of imidazole rings is 1. The van der Waals surface area contributed by atoms with Crippen molar-refractivity contribution in [1.29, 1.82) is 0 Å². The number of hydrogen-bond acceptors (Lipinski definition) is 1. The first kappa shape index (κ1) is 9.25. The van der Waals surface area contributed by atoms with E-state index in [1.54, 1.807) is 0 Å². The minimum absolute atomic E-state index is 0.575. The topological polar surface area (TPSA) is 28.7 Å². The molecule has 1 N–H and O–H groups in total. The summed E-state index contributed by atoms with van der Waals surface area (Å²) in [6, 6.07) is 0. The molecule has 1 saturated carbocycles. The number of aromatic nitrogens is 2. The van der Waals surface area contributed by atoms with Crippen molar-refractivity contribution in [2.45, 2.75) is 31.0 Å². The second-order valence-corrected chi connectivity index (χ2v) is 5.13. The van der Waals surface area contributed by atoms with Gasteiger partial charge in [-0.05, 0) is 24.7 Å². The molecule has 1 aromatic rings. The normalized spacial score (nSPS) is 21.4. The molecule has 72 valence electrons. The molecule has 2 rings (SSSR count). The Bertz CT molecular complexity index is 254. The fraction of sp³-hybridized carbons (Fsp3) is 0.700. The van der Waals surface area contributed by atoms with Crippen molar-refractivity contribution in [2.24, 2.45) is 11.8 Å². The molecule has 0 spiro atoms. The Labute approximate surface area is 87.3 Å². The maximum absolute atomic E-state index is 4.23. The highest BCUT2D eigenvalue weighted by Crippen LogP contribution is 2.40. The second-order valence-electron chi connectivity index (χ2n) is 3.95. The van der Waals surface area contributed by atoms with Gasteiger partial charge in [-0.1, -0.05) is 22.9 Å². The van der Waals surface area contributed by atoms with E-state index in [9.17, 15) is 0 Å². The zero-order valence-electron chi connectivity index (χ0n) is 7.83. The highest BCUT2D eigenvalue weighted by Gasteiger charge is 2.32. The van der Waals surface area contributed by atoms with Gasteiger partial charge in [0.25, 0.3) is 0 Å². The molecule has 1 aliphatic rings. The van der Waals surface area contributed by atoms with Crippen LogP contribution in [0.1, 0.15) is 25.6 Å². The summed E-state index contributed by atoms with van der Waals surface area (Å²) in [7, 11) is 0. The zero-order chi connectivity index (χ0) is 9.26. The number of rotatable bonds is 4. The van der Waals surface area contributed by atoms with Crippen molar-refractivity contribution in [3.05, 3.63) is 18.2 Å². The maximum Gasteiger partial charge on any atom is 0.107 e. The summed E-state index contributed by atoms with van der Waals surface area (Å²) in [6.45, 7) is 2.33. The Hall–Kier alpha value is -0.310. The van der Waals surface area contributed by atoms with E-state index < -0.39 is 0 Å². The van der Waals surface area contributed by atoms with Crippen LogP contribution in [0.2, 0.25) is 0 Å². The van der Waals surface area contributed by atoms with E-state index in [0.29, 0.717) is 4.83 Å². The highest BCUT2D eigenvalue weighted by molar-refractivity contribution is 9.09. The van der Waals surface area contributed by atoms with Gasteiger partial charge in [-0.15, -0.1) is 0 Å². The first-order valence-electron chi connectivity index (χ1n) is 4.89. The standard InChI is InChI=1S/C10H15BrN2/c1-7(8-2-3-8)9(11)6-10-12-4-5-13-10/h4-5,7-9H,2-3,6H2,1H3,(H,12,13). The van der Waals surface area contributed by atoms with Gasteiger partial charge in [0.05, 0.1) is 0 Å². The van der Waals surface area contributed by atoms with Crippen molar-refractivity contribution in [3.8, 4) is 0 Å². The van der Waals surface area contributed by atoms with Crippen molar-refractivity contribution in [3.63, 3.8) is 0 Å². The quantitative estimate of drug-likeness (QED) is 0.809. The number of hydrogen-bond donors (Lipinski definition) is 1. The fourth-order valence-corrected chi connectivity index (χ4v) is 2.44. The summed E-state index contributed by atoms with van der Waals surface area (Å²) in [5.41, 5.74) is 0. The SMILES string of the molecule is CC(C(Br)Cc1ncc[nH]1)C1CC1. The van der Waals surface area contributed by atoms with Crippen molar-refractivity contribution >= 4 is 15.9 Å². The van der Waals surface area contributed by atoms with Crippen LogP contribution in [0.4, 0.5) is 0 Å². The Morgan fingerprint density at radius 3 is 3.00 bits per heavy atom. The molecule has 1 aromatic heterocycles. The van der Waals surface area contributed by atoms with Crippen molar-refractivity contribution < 1.29 is 0 Å². The number of halogens is 1. The lowest BCUT2D eigenvalue weighted by Crippen LogP contribution is -2.16. The minimum atomic E-state index is 0.575. The number of aromatic amines is 1. The lowest BCUT2D eigenvalue weighted by Gasteiger charge is -2.16. The van der Waals surface area contributed by atoms with Crippen LogP contribution >= 0.6 is 15.9 Å². The molecule has 0 aliphatic heterocycles. The number of nitrogens with zero attached hydrogens (tertiary/aromatic N) is 1. The molecule has 0 amide bonds. The molecule has 3 heteroatoms. The maximum atomic E-state index is 4.23. The molecule has 0 aromatic carbocycles. The molecule has 0 radical (unpaired) electrons. The van der Waals surface area contributed by atoms with Crippen LogP contribution in [0, 0.1) is 11.8 Å². The summed E-state index contributed by atoms with van der Waals surface area (Å²) in [5.74, 6) is 2.83. The number of alkyl halides is 1. The van der Waals surface area contributed by atoms with E-state index in [-0.39, 0.29) is 0 Å². The molecule has 2 nitrogen and oxygen atoms in total. The molecule has 1 aliphatic carbocycles. The third-order valence-corrected chi connectivity index (χ3v) is 4.04. The van der Waals surface area contributed by atoms with Crippen molar-refractivity contribution in [2.75, 3.05) is 0 Å². The lowest BCUT2D eigenvalue weighted by atomic mass is 10.00. The second kappa shape index (κ2) is 3.82. The summed E-state index contributed by atoms with van der Waals surface area (Å²) in [6.07, 6.45) is 7.56. The first-order chi connectivity index (χ1) is 6.27. The van der Waals surface area contributed by atoms with Crippen LogP contribution < -0.4 is 0 Å². The van der Waals surface area contributed by atoms with Gasteiger partial charge in [0.15, 0.2) is 0 Å². The Kier molecular flexibility index (Phi) is 2.72. The molecule has 0 saturated heterocycles. The summed E-state index contributed by atoms with van der Waals surface area (Å²) in [5, 5.41) is 0. The van der Waals surface area contributed by atoms with Gasteiger partial charge in [0.1, 0.15) is 5.82 Å². The van der Waals surface area contributed by atoms with Gasteiger partial charge >= 0.3 is 0 Å². The zero-order valence-corrected chi connectivity index (χ0v) is 9.42. The predicted molar refractivity (Wildman–Crippen MR) is 56.9 cm³/mol. The van der Waals surface area contributed by atoms with Gasteiger partial charge in [-0.2, -0.15) is 0 Å². The van der Waals surface area contributed by atoms with Crippen LogP contribution in [-0.4, -0.2) is 14.8 Å². The van der Waals surface area contributed by atoms with Crippen LogP contribution in [0.5, 0.6) is 0 Å². The Morgan fingerprint density at radius 1 is 1.69 bits per heavy atom. The molecular weight excluding hydrogens is 228 g/mol. The smallest absolute Gasteiger partial charge is 0.107 e. The van der Waals surface area contributed by atoms with E-state index in [4.69, 9.17) is 0 Å². The lowest BCUT2D eigenvalue weighted by molar-refractivity contribution is 0.485. The van der Waals surface area contributed by atoms with Gasteiger partial charge < -0.3 is 4.98 Å². The van der Waals surface area contributed by atoms with E-state index >= 15 is 0 Å². The minimum Gasteiger partial charge on any atom is -0.349 e. The third-order valence-electron chi connectivity index (χ3n) is 2.88. The van der Waals surface area contributed by atoms with Gasteiger partial charge in [0.2, 0.25) is 0 Å². The van der Waals surface area contributed by atoms with Crippen LogP contribution in [0.15, 0.2) is 12.4 Å². The van der Waals surface area contributed by atoms with Crippen LogP contribution in [0.3, 0.4) is 0 Å². The van der Waals surface area contributed by atoms with Crippen LogP contribution in [-0.2, 0) is 6.42 Å². The largest absolute Gasteiger partial charge is 0.349 e. The van der Waals surface area contributed by atoms with E-state index in [1.807, 2.05) is 12.4 Å². The van der Waals surface area contributed by atoms with E-state index in [1.165, 1.54) is 12.8 Å². The summed E-state index contributed by atoms with van der Waals surface area (Å²) in [4.78, 5) is 7.95. The van der Waals surface area contributed by atoms with Gasteiger partial charge in [-0.3, -0.25) is 0 Å². The molecule has 2 unspecified atom stereocenters. The monoisotopic (exact) mass is 242 g/mol. The van der Waals surface area contributed by atoms with E-state index in [2.05, 4.69) is 32.8 Å². The average Bonchev–Trinajstić information content (AvgIpc) is 2.85. The Balaban J connectivity index is 1.86. The Morgan fingerprint density at radius 2 is 2.46 bits per heavy atom. The van der Waals surface area contributed by atoms with Crippen LogP contribution in [0.25, 0.3) is 0 Å². The summed E-state index contributed by atoms with van der Waals surface area (Å²) < 4.78 is 0. The fourth-order valence-electron chi connectivity index (χ4n) is 1.70. The van der Waals surface area contributed by atoms with Gasteiger partial charge in [-0.25, -0.2) is 4.98 Å². The molecule has 1 fully saturated rings. The molecular formula is C10H15BrN2. The summed E-state index contributed by atoms with van der Waals surface area (Å²) >= 11 is 3.75. The predicted octanol–water partition coefficient (Wildman–Crippen LogP) is 2.76. The first-order valence-corrected chi connectivity index (χ1v) is 5.81. The molecule has 0 bridgehead atoms. The molecule has 1 heterocycles. The molecule has 2 atom stereocenters. The van der Waals surface area contributed by atoms with Crippen molar-refractivity contribution in [1.82, 2.24) is 9.97 Å².